The summed E-state index contributed by atoms with van der Waals surface area (Å²) in [5.41, 5.74) is 0. The van der Waals surface area contributed by atoms with Gasteiger partial charge in [-0.05, 0) is 0 Å². The van der Waals surface area contributed by atoms with Crippen molar-refractivity contribution in [1.82, 2.24) is 0 Å². The van der Waals surface area contributed by atoms with E-state index in [4.69, 9.17) is 15.1 Å². The van der Waals surface area contributed by atoms with Crippen molar-refractivity contribution in [1.29, 1.82) is 0 Å². The second kappa shape index (κ2) is 16.6. The summed E-state index contributed by atoms with van der Waals surface area (Å²) >= 11 is 0. The Kier molecular flexibility index (Phi) is 53.3. The van der Waals surface area contributed by atoms with Gasteiger partial charge in [-0.15, -0.1) is 0 Å². The van der Waals surface area contributed by atoms with Crippen molar-refractivity contribution >= 4 is 52.8 Å². The van der Waals surface area contributed by atoms with Gasteiger partial charge in [0.1, 0.15) is 0 Å². The first kappa shape index (κ1) is 22.5. The van der Waals surface area contributed by atoms with Crippen molar-refractivity contribution in [3.8, 4) is 0 Å². The second-order valence-corrected chi connectivity index (χ2v) is 0.346. The van der Waals surface area contributed by atoms with E-state index in [1.165, 1.54) is 0 Å². The monoisotopic (exact) mass is 394 g/mol. The first-order valence-corrected chi connectivity index (χ1v) is 0.775. The number of rotatable bonds is 0. The molecule has 0 aliphatic carbocycles. The molecular formula is H5BEuO3SrY. The number of hydrogen-bond acceptors (Lipinski definition) is 3. The van der Waals surface area contributed by atoms with Gasteiger partial charge < -0.3 is 15.1 Å². The molecule has 0 unspecified atom stereocenters. The third kappa shape index (κ3) is 39.3. The summed E-state index contributed by atoms with van der Waals surface area (Å²) in [5, 5.41) is 21.5. The predicted octanol–water partition coefficient (Wildman–Crippen LogP) is -2.97. The topological polar surface area (TPSA) is 60.7 Å². The fraction of sp³-hybridized carbons (Fsp3) is 0. The summed E-state index contributed by atoms with van der Waals surface area (Å²) < 4.78 is 0. The molecule has 0 heterocycles. The SMILES string of the molecule is OB(O)O.[Eu].[SrH2].[Y]. The third-order valence-corrected chi connectivity index (χ3v) is 0. The van der Waals surface area contributed by atoms with Crippen LogP contribution in [0.2, 0.25) is 0 Å². The Morgan fingerprint density at radius 3 is 1.00 bits per heavy atom. The smallest absolute Gasteiger partial charge is 0 e. The molecule has 0 aromatic carbocycles. The minimum absolute atomic E-state index is 0. The number of hydrogen-bond donors (Lipinski definition) is 3. The maximum atomic E-state index is 7.17. The van der Waals surface area contributed by atoms with Gasteiger partial charge in [0.25, 0.3) is 0 Å². The van der Waals surface area contributed by atoms with E-state index in [1.807, 2.05) is 0 Å². The Hall–Kier alpha value is 4.11. The predicted molar refractivity (Wildman–Crippen MR) is 21.0 cm³/mol. The van der Waals surface area contributed by atoms with Crippen LogP contribution in [0.15, 0.2) is 0 Å². The molecule has 3 N–H and O–H groups in total. The van der Waals surface area contributed by atoms with Crippen molar-refractivity contribution in [2.45, 2.75) is 0 Å². The minimum Gasteiger partial charge on any atom is 0 e. The van der Waals surface area contributed by atoms with Crippen molar-refractivity contribution in [3.05, 3.63) is 0 Å². The molecule has 0 bridgehead atoms. The van der Waals surface area contributed by atoms with E-state index in [2.05, 4.69) is 0 Å². The van der Waals surface area contributed by atoms with Crippen LogP contribution in [-0.4, -0.2) is 67.9 Å². The normalized spacial score (nSPS) is 3.86. The molecule has 0 atom stereocenters. The zero-order chi connectivity index (χ0) is 3.58. The van der Waals surface area contributed by atoms with Gasteiger partial charge in [0, 0.05) is 82.1 Å². The Labute approximate surface area is 145 Å². The van der Waals surface area contributed by atoms with Crippen LogP contribution < -0.4 is 0 Å². The molecule has 0 aromatic rings. The van der Waals surface area contributed by atoms with Crippen LogP contribution in [0.5, 0.6) is 0 Å². The summed E-state index contributed by atoms with van der Waals surface area (Å²) in [7, 11) is -2.17. The van der Waals surface area contributed by atoms with Gasteiger partial charge in [-0.2, -0.15) is 0 Å². The van der Waals surface area contributed by atoms with Crippen LogP contribution >= 0.6 is 0 Å². The van der Waals surface area contributed by atoms with Crippen LogP contribution in [0.1, 0.15) is 0 Å². The van der Waals surface area contributed by atoms with Crippen molar-refractivity contribution in [3.63, 3.8) is 0 Å². The molecule has 0 saturated heterocycles. The zero-order valence-electron chi connectivity index (χ0n) is 2.87. The Balaban J connectivity index is -0.0000000150. The molecule has 0 rings (SSSR count). The maximum Gasteiger partial charge on any atom is 0 e. The van der Waals surface area contributed by atoms with Crippen molar-refractivity contribution < 1.29 is 97.2 Å². The molecule has 7 heavy (non-hydrogen) atoms. The summed E-state index contributed by atoms with van der Waals surface area (Å²) in [6, 6.07) is 0. The van der Waals surface area contributed by atoms with E-state index in [9.17, 15) is 0 Å². The first-order chi connectivity index (χ1) is 1.73. The van der Waals surface area contributed by atoms with Gasteiger partial charge in [0.15, 0.2) is 0 Å². The minimum atomic E-state index is -2.17. The van der Waals surface area contributed by atoms with E-state index in [-0.39, 0.29) is 128 Å². The molecule has 0 amide bonds. The first-order valence-electron chi connectivity index (χ1n) is 0.775. The largest absolute Gasteiger partial charge is 0 e. The quantitative estimate of drug-likeness (QED) is 0.386. The van der Waals surface area contributed by atoms with Crippen LogP contribution in [-0.2, 0) is 32.7 Å². The van der Waals surface area contributed by atoms with E-state index < -0.39 is 7.32 Å². The summed E-state index contributed by atoms with van der Waals surface area (Å²) in [6.45, 7) is 0. The molecule has 0 aliphatic heterocycles. The molecule has 0 aromatic heterocycles. The Bertz CT molecular complexity index is 19.7. The Morgan fingerprint density at radius 2 is 1.00 bits per heavy atom. The molecule has 2 radical (unpaired) electrons. The molecular weight excluding hydrogens is 387 g/mol. The van der Waals surface area contributed by atoms with E-state index in [1.54, 1.807) is 0 Å². The van der Waals surface area contributed by atoms with Crippen molar-refractivity contribution in [2.24, 2.45) is 0 Å². The van der Waals surface area contributed by atoms with Gasteiger partial charge >= 0.3 is 52.8 Å². The van der Waals surface area contributed by atoms with Gasteiger partial charge in [-0.25, -0.2) is 0 Å². The average Bonchev–Trinajstić information content (AvgIpc) is 0.811. The fourth-order valence-corrected chi connectivity index (χ4v) is 0. The van der Waals surface area contributed by atoms with Crippen LogP contribution in [0.25, 0.3) is 0 Å². The molecule has 0 aliphatic rings. The fourth-order valence-electron chi connectivity index (χ4n) is 0. The van der Waals surface area contributed by atoms with Crippen LogP contribution in [0, 0.1) is 49.4 Å². The molecule has 3 nitrogen and oxygen atoms in total. The maximum absolute atomic E-state index is 7.17. The summed E-state index contributed by atoms with van der Waals surface area (Å²) in [5.74, 6) is 0. The molecule has 0 spiro atoms. The molecule has 7 heteroatoms. The van der Waals surface area contributed by atoms with Gasteiger partial charge in [0.2, 0.25) is 0 Å². The van der Waals surface area contributed by atoms with Crippen LogP contribution in [0.3, 0.4) is 0 Å². The van der Waals surface area contributed by atoms with E-state index in [0.717, 1.165) is 0 Å². The van der Waals surface area contributed by atoms with Crippen molar-refractivity contribution in [2.75, 3.05) is 0 Å². The second-order valence-electron chi connectivity index (χ2n) is 0.346. The van der Waals surface area contributed by atoms with E-state index in [0.29, 0.717) is 0 Å². The van der Waals surface area contributed by atoms with Crippen LogP contribution in [0.4, 0.5) is 0 Å². The standard InChI is InChI=1S/BH3O3.Eu.Sr.Y.2H/c2-1(3)4;;;;;/h2-4H;;;;;. The Morgan fingerprint density at radius 1 is 1.00 bits per heavy atom. The van der Waals surface area contributed by atoms with Gasteiger partial charge in [-0.3, -0.25) is 0 Å². The molecule has 0 saturated carbocycles. The van der Waals surface area contributed by atoms with Gasteiger partial charge in [-0.1, -0.05) is 0 Å². The van der Waals surface area contributed by atoms with E-state index >= 15 is 0 Å². The molecule has 38 valence electrons. The van der Waals surface area contributed by atoms with Gasteiger partial charge in [0.05, 0.1) is 0 Å². The molecule has 0 fully saturated rings. The zero-order valence-corrected chi connectivity index (χ0v) is 8.14. The summed E-state index contributed by atoms with van der Waals surface area (Å²) in [6.07, 6.45) is 0. The average molecular weight is 392 g/mol. The summed E-state index contributed by atoms with van der Waals surface area (Å²) in [4.78, 5) is 0. The third-order valence-electron chi connectivity index (χ3n) is 0.